The Morgan fingerprint density at radius 1 is 1.18 bits per heavy atom. The Bertz CT molecular complexity index is 1030. The Hall–Kier alpha value is -2.53. The summed E-state index contributed by atoms with van der Waals surface area (Å²) in [6.45, 7) is 3.98. The highest BCUT2D eigenvalue weighted by Crippen LogP contribution is 2.41. The zero-order valence-corrected chi connectivity index (χ0v) is 18.5. The Morgan fingerprint density at radius 3 is 2.48 bits per heavy atom. The van der Waals surface area contributed by atoms with Crippen LogP contribution in [0.1, 0.15) is 18.4 Å². The number of ether oxygens (including phenoxy) is 1. The summed E-state index contributed by atoms with van der Waals surface area (Å²) < 4.78 is 95.0. The molecule has 0 spiro atoms. The van der Waals surface area contributed by atoms with Gasteiger partial charge in [0.2, 0.25) is 5.95 Å². The van der Waals surface area contributed by atoms with Gasteiger partial charge >= 0.3 is 12.5 Å². The number of nitrogens with one attached hydrogen (secondary N) is 3. The number of anilines is 3. The van der Waals surface area contributed by atoms with E-state index < -0.39 is 36.8 Å². The van der Waals surface area contributed by atoms with Crippen molar-refractivity contribution in [1.29, 1.82) is 0 Å². The SMILES string of the molecule is CP(C)(=O)c1cc(OC(F)(F)F)ccc1Nc1nc(NC2CCCNC2)ncc1C(F)(F)F. The Morgan fingerprint density at radius 2 is 1.91 bits per heavy atom. The summed E-state index contributed by atoms with van der Waals surface area (Å²) in [5.74, 6) is -1.31. The molecular formula is C19H22F6N5O2P. The quantitative estimate of drug-likeness (QED) is 0.399. The van der Waals surface area contributed by atoms with Crippen LogP contribution < -0.4 is 26.0 Å². The lowest BCUT2D eigenvalue weighted by Crippen LogP contribution is -2.38. The van der Waals surface area contributed by atoms with Gasteiger partial charge in [-0.15, -0.1) is 13.2 Å². The van der Waals surface area contributed by atoms with Crippen LogP contribution in [0.3, 0.4) is 0 Å². The first-order valence-corrected chi connectivity index (χ1v) is 12.5. The molecule has 33 heavy (non-hydrogen) atoms. The third kappa shape index (κ3) is 6.97. The van der Waals surface area contributed by atoms with E-state index in [0.717, 1.165) is 37.6 Å². The van der Waals surface area contributed by atoms with Gasteiger partial charge in [-0.25, -0.2) is 4.98 Å². The predicted molar refractivity (Wildman–Crippen MR) is 112 cm³/mol. The highest BCUT2D eigenvalue weighted by Gasteiger charge is 2.36. The maximum absolute atomic E-state index is 13.6. The van der Waals surface area contributed by atoms with Crippen LogP contribution in [-0.2, 0) is 10.7 Å². The van der Waals surface area contributed by atoms with E-state index in [2.05, 4.69) is 30.7 Å². The van der Waals surface area contributed by atoms with Crippen LogP contribution in [0, 0.1) is 0 Å². The molecular weight excluding hydrogens is 475 g/mol. The van der Waals surface area contributed by atoms with Crippen molar-refractivity contribution in [2.45, 2.75) is 31.4 Å². The zero-order valence-electron chi connectivity index (χ0n) is 17.6. The fourth-order valence-electron chi connectivity index (χ4n) is 3.30. The maximum Gasteiger partial charge on any atom is 0.573 e. The summed E-state index contributed by atoms with van der Waals surface area (Å²) in [6, 6.07) is 2.79. The van der Waals surface area contributed by atoms with Gasteiger partial charge < -0.3 is 25.3 Å². The molecule has 182 valence electrons. The molecule has 3 N–H and O–H groups in total. The average molecular weight is 497 g/mol. The van der Waals surface area contributed by atoms with Crippen LogP contribution >= 0.6 is 7.14 Å². The minimum atomic E-state index is -4.98. The molecule has 1 aliphatic heterocycles. The first-order valence-electron chi connectivity index (χ1n) is 9.86. The highest BCUT2D eigenvalue weighted by molar-refractivity contribution is 7.70. The summed E-state index contributed by atoms with van der Waals surface area (Å²) in [6.07, 6.45) is -7.52. The second-order valence-electron chi connectivity index (χ2n) is 7.84. The fourth-order valence-corrected chi connectivity index (χ4v) is 4.45. The van der Waals surface area contributed by atoms with Gasteiger partial charge in [0, 0.05) is 24.1 Å². The van der Waals surface area contributed by atoms with E-state index in [-0.39, 0.29) is 23.0 Å². The second-order valence-corrected chi connectivity index (χ2v) is 11.0. The number of piperidine rings is 1. The number of hydrogen-bond acceptors (Lipinski definition) is 7. The van der Waals surface area contributed by atoms with Crippen LogP contribution in [0.2, 0.25) is 0 Å². The third-order valence-corrected chi connectivity index (χ3v) is 6.29. The van der Waals surface area contributed by atoms with E-state index in [4.69, 9.17) is 0 Å². The Kier molecular flexibility index (Phi) is 7.13. The molecule has 0 aliphatic carbocycles. The van der Waals surface area contributed by atoms with E-state index in [0.29, 0.717) is 12.7 Å². The van der Waals surface area contributed by atoms with Crippen LogP contribution in [0.5, 0.6) is 5.75 Å². The van der Waals surface area contributed by atoms with E-state index in [1.54, 1.807) is 0 Å². The number of halogens is 6. The van der Waals surface area contributed by atoms with Crippen molar-refractivity contribution in [3.63, 3.8) is 0 Å². The summed E-state index contributed by atoms with van der Waals surface area (Å²) in [5.41, 5.74) is -1.27. The molecule has 1 fully saturated rings. The van der Waals surface area contributed by atoms with Crippen molar-refractivity contribution >= 4 is 29.9 Å². The highest BCUT2D eigenvalue weighted by atomic mass is 31.2. The largest absolute Gasteiger partial charge is 0.573 e. The van der Waals surface area contributed by atoms with Crippen LogP contribution in [0.15, 0.2) is 24.4 Å². The summed E-state index contributed by atoms with van der Waals surface area (Å²) in [4.78, 5) is 7.71. The van der Waals surface area contributed by atoms with Gasteiger partial charge in [0.15, 0.2) is 0 Å². The topological polar surface area (TPSA) is 88.2 Å². The Labute approximate surface area is 185 Å². The van der Waals surface area contributed by atoms with Gasteiger partial charge in [-0.3, -0.25) is 0 Å². The molecule has 2 heterocycles. The van der Waals surface area contributed by atoms with Gasteiger partial charge in [0.1, 0.15) is 24.3 Å². The molecule has 0 saturated carbocycles. The monoisotopic (exact) mass is 497 g/mol. The molecule has 0 bridgehead atoms. The van der Waals surface area contributed by atoms with E-state index >= 15 is 0 Å². The third-order valence-electron chi connectivity index (χ3n) is 4.76. The van der Waals surface area contributed by atoms with Gasteiger partial charge in [0.25, 0.3) is 0 Å². The summed E-state index contributed by atoms with van der Waals surface area (Å²) in [7, 11) is -3.24. The predicted octanol–water partition coefficient (Wildman–Crippen LogP) is 4.55. The summed E-state index contributed by atoms with van der Waals surface area (Å²) in [5, 5.41) is 8.49. The molecule has 1 aromatic carbocycles. The maximum atomic E-state index is 13.6. The molecule has 1 saturated heterocycles. The van der Waals surface area contributed by atoms with Crippen molar-refractivity contribution in [2.75, 3.05) is 37.1 Å². The second kappa shape index (κ2) is 9.38. The van der Waals surface area contributed by atoms with Crippen molar-refractivity contribution in [2.24, 2.45) is 0 Å². The van der Waals surface area contributed by atoms with Crippen molar-refractivity contribution in [3.05, 3.63) is 30.0 Å². The Balaban J connectivity index is 1.99. The van der Waals surface area contributed by atoms with Crippen LogP contribution in [0.4, 0.5) is 43.8 Å². The average Bonchev–Trinajstić information content (AvgIpc) is 2.67. The first-order chi connectivity index (χ1) is 15.2. The number of rotatable bonds is 6. The van der Waals surface area contributed by atoms with Gasteiger partial charge in [0.05, 0.1) is 5.69 Å². The minimum absolute atomic E-state index is 0.0473. The van der Waals surface area contributed by atoms with Gasteiger partial charge in [-0.2, -0.15) is 18.2 Å². The van der Waals surface area contributed by atoms with Crippen molar-refractivity contribution in [1.82, 2.24) is 15.3 Å². The fraction of sp³-hybridized carbons (Fsp3) is 0.474. The van der Waals surface area contributed by atoms with Crippen molar-refractivity contribution in [3.8, 4) is 5.75 Å². The molecule has 1 aromatic heterocycles. The standard InChI is InChI=1S/C19H22F6N5O2P/c1-33(2,31)15-8-12(32-19(23,24)25)5-6-14(15)29-16-13(18(20,21)22)10-27-17(30-16)28-11-4-3-7-26-9-11/h5-6,8,10-11,26H,3-4,7,9H2,1-2H3,(H2,27,28,29,30). The van der Waals surface area contributed by atoms with Crippen LogP contribution in [0.25, 0.3) is 0 Å². The molecule has 14 heteroatoms. The molecule has 1 atom stereocenters. The molecule has 1 unspecified atom stereocenters. The van der Waals surface area contributed by atoms with E-state index in [1.807, 2.05) is 0 Å². The van der Waals surface area contributed by atoms with Crippen molar-refractivity contribution < 1.29 is 35.6 Å². The number of nitrogens with zero attached hydrogens (tertiary/aromatic N) is 2. The smallest absolute Gasteiger partial charge is 0.406 e. The lowest BCUT2D eigenvalue weighted by Gasteiger charge is -2.24. The normalized spacial score (nSPS) is 17.5. The lowest BCUT2D eigenvalue weighted by molar-refractivity contribution is -0.274. The zero-order chi connectivity index (χ0) is 24.4. The molecule has 7 nitrogen and oxygen atoms in total. The molecule has 3 rings (SSSR count). The molecule has 0 radical (unpaired) electrons. The summed E-state index contributed by atoms with van der Waals surface area (Å²) >= 11 is 0. The van der Waals surface area contributed by atoms with E-state index in [1.165, 1.54) is 13.3 Å². The van der Waals surface area contributed by atoms with Crippen LogP contribution in [-0.4, -0.2) is 48.8 Å². The number of hydrogen-bond donors (Lipinski definition) is 3. The minimum Gasteiger partial charge on any atom is -0.406 e. The first kappa shape index (κ1) is 25.1. The van der Waals surface area contributed by atoms with Gasteiger partial charge in [-0.05, 0) is 50.9 Å². The van der Waals surface area contributed by atoms with E-state index in [9.17, 15) is 30.9 Å². The molecule has 1 aliphatic rings. The van der Waals surface area contributed by atoms with Gasteiger partial charge in [-0.1, -0.05) is 0 Å². The number of aromatic nitrogens is 2. The number of alkyl halides is 6. The number of benzene rings is 1. The lowest BCUT2D eigenvalue weighted by atomic mass is 10.1. The molecule has 2 aromatic rings. The molecule has 0 amide bonds.